The fraction of sp³-hybridized carbons (Fsp3) is 0.538. The number of anilines is 1. The third-order valence-electron chi connectivity index (χ3n) is 3.92. The van der Waals surface area contributed by atoms with Crippen LogP contribution in [-0.2, 0) is 6.18 Å². The Balaban J connectivity index is 1.58. The van der Waals surface area contributed by atoms with Crippen molar-refractivity contribution in [2.45, 2.75) is 31.2 Å². The molecule has 3 heterocycles. The van der Waals surface area contributed by atoms with Gasteiger partial charge in [-0.3, -0.25) is 5.43 Å². The number of aromatic nitrogens is 4. The van der Waals surface area contributed by atoms with Crippen molar-refractivity contribution >= 4 is 11.5 Å². The van der Waals surface area contributed by atoms with Crippen LogP contribution in [0.3, 0.4) is 0 Å². The highest BCUT2D eigenvalue weighted by molar-refractivity contribution is 5.44. The number of fused-ring (bicyclic) bond motifs is 1. The number of nitrogens with zero attached hydrogens (tertiary/aromatic N) is 5. The Kier molecular flexibility index (Phi) is 4.71. The van der Waals surface area contributed by atoms with E-state index in [-0.39, 0.29) is 23.4 Å². The maximum atomic E-state index is 12.8. The molecule has 3 rings (SSSR count). The van der Waals surface area contributed by atoms with Gasteiger partial charge in [-0.15, -0.1) is 15.3 Å². The van der Waals surface area contributed by atoms with Crippen LogP contribution in [0.25, 0.3) is 5.65 Å². The van der Waals surface area contributed by atoms with Crippen molar-refractivity contribution < 1.29 is 13.2 Å². The predicted molar refractivity (Wildman–Crippen MR) is 80.6 cm³/mol. The third-order valence-corrected chi connectivity index (χ3v) is 3.92. The van der Waals surface area contributed by atoms with Crippen LogP contribution in [-0.4, -0.2) is 38.6 Å². The summed E-state index contributed by atoms with van der Waals surface area (Å²) in [6.07, 6.45) is -3.69. The molecule has 25 heavy (non-hydrogen) atoms. The standard InChI is InChI=1S/C13H16F3N9/c14-13(15,16)12-23-21-10-4-3-9(24-25(10)12)19-5-1-2-8-7(6-17)11(18)22-20-8/h3-4,7-8,11,20,22H,1-2,5,18H2,(H,19,24). The second-order valence-corrected chi connectivity index (χ2v) is 5.65. The molecule has 0 aliphatic carbocycles. The zero-order valence-corrected chi connectivity index (χ0v) is 13.0. The minimum Gasteiger partial charge on any atom is -0.369 e. The first-order valence-electron chi connectivity index (χ1n) is 7.60. The number of hydrogen-bond donors (Lipinski definition) is 4. The number of hydrogen-bond acceptors (Lipinski definition) is 8. The molecule has 1 aliphatic heterocycles. The van der Waals surface area contributed by atoms with Crippen molar-refractivity contribution in [3.8, 4) is 6.07 Å². The lowest BCUT2D eigenvalue weighted by Crippen LogP contribution is -2.38. The van der Waals surface area contributed by atoms with Crippen molar-refractivity contribution in [2.24, 2.45) is 11.7 Å². The highest BCUT2D eigenvalue weighted by Crippen LogP contribution is 2.27. The minimum absolute atomic E-state index is 0.0185. The third kappa shape index (κ3) is 3.63. The molecule has 1 saturated heterocycles. The van der Waals surface area contributed by atoms with Crippen LogP contribution in [0.1, 0.15) is 18.7 Å². The summed E-state index contributed by atoms with van der Waals surface area (Å²) in [6.45, 7) is 0.480. The van der Waals surface area contributed by atoms with Crippen LogP contribution >= 0.6 is 0 Å². The fourth-order valence-corrected chi connectivity index (χ4v) is 2.65. The van der Waals surface area contributed by atoms with E-state index in [2.05, 4.69) is 37.5 Å². The zero-order valence-electron chi connectivity index (χ0n) is 13.0. The van der Waals surface area contributed by atoms with Crippen LogP contribution in [0.15, 0.2) is 12.1 Å². The molecule has 0 bridgehead atoms. The number of hydrazine groups is 1. The number of nitrogens with two attached hydrogens (primary N) is 1. The number of rotatable bonds is 5. The Hall–Kier alpha value is -2.49. The Morgan fingerprint density at radius 1 is 1.32 bits per heavy atom. The Morgan fingerprint density at radius 2 is 2.12 bits per heavy atom. The van der Waals surface area contributed by atoms with Gasteiger partial charge in [0, 0.05) is 12.6 Å². The van der Waals surface area contributed by atoms with Gasteiger partial charge in [0.15, 0.2) is 5.65 Å². The van der Waals surface area contributed by atoms with Gasteiger partial charge in [-0.05, 0) is 25.0 Å². The van der Waals surface area contributed by atoms with E-state index in [9.17, 15) is 13.2 Å². The molecule has 0 saturated carbocycles. The first-order chi connectivity index (χ1) is 11.9. The maximum absolute atomic E-state index is 12.8. The van der Waals surface area contributed by atoms with Crippen LogP contribution in [0.2, 0.25) is 0 Å². The number of nitriles is 1. The van der Waals surface area contributed by atoms with Crippen LogP contribution < -0.4 is 21.9 Å². The van der Waals surface area contributed by atoms with E-state index in [0.29, 0.717) is 23.9 Å². The molecule has 3 unspecified atom stereocenters. The van der Waals surface area contributed by atoms with E-state index >= 15 is 0 Å². The van der Waals surface area contributed by atoms with Crippen molar-refractivity contribution in [1.82, 2.24) is 30.7 Å². The van der Waals surface area contributed by atoms with E-state index in [0.717, 1.165) is 0 Å². The van der Waals surface area contributed by atoms with Gasteiger partial charge in [0.05, 0.1) is 18.2 Å². The lowest BCUT2D eigenvalue weighted by Gasteiger charge is -2.14. The summed E-state index contributed by atoms with van der Waals surface area (Å²) in [6, 6.07) is 5.02. The molecule has 12 heteroatoms. The monoisotopic (exact) mass is 355 g/mol. The Morgan fingerprint density at radius 3 is 2.84 bits per heavy atom. The van der Waals surface area contributed by atoms with Crippen molar-refractivity contribution in [3.05, 3.63) is 18.0 Å². The van der Waals surface area contributed by atoms with E-state index in [4.69, 9.17) is 11.0 Å². The zero-order chi connectivity index (χ0) is 18.0. The average molecular weight is 355 g/mol. The molecule has 0 amide bonds. The van der Waals surface area contributed by atoms with Crippen molar-refractivity contribution in [1.29, 1.82) is 5.26 Å². The first-order valence-corrected chi connectivity index (χ1v) is 7.60. The van der Waals surface area contributed by atoms with Gasteiger partial charge >= 0.3 is 6.18 Å². The van der Waals surface area contributed by atoms with E-state index in [1.165, 1.54) is 12.1 Å². The summed E-state index contributed by atoms with van der Waals surface area (Å²) < 4.78 is 39.2. The van der Waals surface area contributed by atoms with Gasteiger partial charge in [-0.2, -0.15) is 22.9 Å². The molecule has 134 valence electrons. The second-order valence-electron chi connectivity index (χ2n) is 5.65. The molecule has 3 atom stereocenters. The summed E-state index contributed by atoms with van der Waals surface area (Å²) >= 11 is 0. The molecular formula is C13H16F3N9. The van der Waals surface area contributed by atoms with E-state index < -0.39 is 18.2 Å². The van der Waals surface area contributed by atoms with Gasteiger partial charge in [-0.25, -0.2) is 5.43 Å². The highest BCUT2D eigenvalue weighted by Gasteiger charge is 2.37. The topological polar surface area (TPSA) is 129 Å². The summed E-state index contributed by atoms with van der Waals surface area (Å²) in [4.78, 5) is 0. The number of halogens is 3. The summed E-state index contributed by atoms with van der Waals surface area (Å²) in [5.74, 6) is -1.22. The van der Waals surface area contributed by atoms with Crippen LogP contribution in [0, 0.1) is 17.2 Å². The van der Waals surface area contributed by atoms with Gasteiger partial charge in [0.1, 0.15) is 5.82 Å². The Bertz CT molecular complexity index is 781. The smallest absolute Gasteiger partial charge is 0.369 e. The van der Waals surface area contributed by atoms with Gasteiger partial charge in [0.2, 0.25) is 0 Å². The second kappa shape index (κ2) is 6.79. The normalized spacial score (nSPS) is 23.7. The highest BCUT2D eigenvalue weighted by atomic mass is 19.4. The molecule has 1 aliphatic rings. The molecule has 5 N–H and O–H groups in total. The summed E-state index contributed by atoms with van der Waals surface area (Å²) in [7, 11) is 0. The number of nitrogens with one attached hydrogen (secondary N) is 3. The first kappa shape index (κ1) is 17.3. The lowest BCUT2D eigenvalue weighted by molar-refractivity contribution is -0.146. The molecule has 0 radical (unpaired) electrons. The Labute approximate surface area is 140 Å². The van der Waals surface area contributed by atoms with Crippen LogP contribution in [0.5, 0.6) is 0 Å². The molecule has 0 aromatic carbocycles. The van der Waals surface area contributed by atoms with Crippen molar-refractivity contribution in [3.63, 3.8) is 0 Å². The van der Waals surface area contributed by atoms with E-state index in [1.54, 1.807) is 0 Å². The fourth-order valence-electron chi connectivity index (χ4n) is 2.65. The van der Waals surface area contributed by atoms with Gasteiger partial charge in [-0.1, -0.05) is 0 Å². The van der Waals surface area contributed by atoms with Crippen molar-refractivity contribution in [2.75, 3.05) is 11.9 Å². The van der Waals surface area contributed by atoms with Gasteiger partial charge < -0.3 is 11.1 Å². The lowest BCUT2D eigenvalue weighted by atomic mass is 9.97. The molecule has 9 nitrogen and oxygen atoms in total. The molecule has 2 aromatic rings. The van der Waals surface area contributed by atoms with Gasteiger partial charge in [0.25, 0.3) is 5.82 Å². The quantitative estimate of drug-likeness (QED) is 0.561. The minimum atomic E-state index is -4.63. The molecular weight excluding hydrogens is 339 g/mol. The molecule has 0 spiro atoms. The largest absolute Gasteiger partial charge is 0.453 e. The van der Waals surface area contributed by atoms with E-state index in [1.807, 2.05) is 0 Å². The molecule has 1 fully saturated rings. The number of alkyl halides is 3. The average Bonchev–Trinajstić information content (AvgIpc) is 3.14. The predicted octanol–water partition coefficient (Wildman–Crippen LogP) is 0.236. The SMILES string of the molecule is N#CC1C(N)NNC1CCCNc1ccc2nnc(C(F)(F)F)n2n1. The summed E-state index contributed by atoms with van der Waals surface area (Å²) in [5.41, 5.74) is 11.5. The maximum Gasteiger partial charge on any atom is 0.453 e. The van der Waals surface area contributed by atoms with Crippen LogP contribution in [0.4, 0.5) is 19.0 Å². The summed E-state index contributed by atoms with van der Waals surface area (Å²) in [5, 5.41) is 22.5. The molecule has 2 aromatic heterocycles.